The van der Waals surface area contributed by atoms with Gasteiger partial charge in [0.05, 0.1) is 10.2 Å². The number of aliphatic imine (C=N–C) groups is 1. The Morgan fingerprint density at radius 3 is 2.65 bits per heavy atom. The molecule has 1 heterocycles. The van der Waals surface area contributed by atoms with Crippen molar-refractivity contribution in [2.24, 2.45) is 4.99 Å². The van der Waals surface area contributed by atoms with E-state index in [0.717, 1.165) is 28.3 Å². The van der Waals surface area contributed by atoms with E-state index in [0.29, 0.717) is 29.7 Å². The van der Waals surface area contributed by atoms with Gasteiger partial charge in [0.1, 0.15) is 6.61 Å². The van der Waals surface area contributed by atoms with Crippen molar-refractivity contribution in [1.29, 1.82) is 0 Å². The van der Waals surface area contributed by atoms with Gasteiger partial charge in [-0.2, -0.15) is 0 Å². The summed E-state index contributed by atoms with van der Waals surface area (Å²) >= 11 is 14.0. The first-order valence-corrected chi connectivity index (χ1v) is 13.5. The molecule has 0 bridgehead atoms. The van der Waals surface area contributed by atoms with Crippen LogP contribution >= 0.6 is 72.7 Å². The average molecular weight is 765 g/mol. The molecular formula is C25H17BrClI2NO4. The van der Waals surface area contributed by atoms with Crippen LogP contribution in [0.15, 0.2) is 69.8 Å². The van der Waals surface area contributed by atoms with Crippen LogP contribution in [0.5, 0.6) is 11.5 Å². The van der Waals surface area contributed by atoms with Crippen LogP contribution < -0.4 is 9.47 Å². The van der Waals surface area contributed by atoms with Gasteiger partial charge in [-0.15, -0.1) is 0 Å². The first kappa shape index (κ1) is 25.5. The van der Waals surface area contributed by atoms with Crippen molar-refractivity contribution < 1.29 is 19.0 Å². The number of hydrogen-bond donors (Lipinski definition) is 0. The van der Waals surface area contributed by atoms with E-state index in [1.807, 2.05) is 61.5 Å². The van der Waals surface area contributed by atoms with Gasteiger partial charge < -0.3 is 14.2 Å². The summed E-state index contributed by atoms with van der Waals surface area (Å²) < 4.78 is 20.1. The fourth-order valence-electron chi connectivity index (χ4n) is 3.18. The van der Waals surface area contributed by atoms with Gasteiger partial charge in [0.25, 0.3) is 0 Å². The van der Waals surface area contributed by atoms with Gasteiger partial charge >= 0.3 is 5.97 Å². The number of rotatable bonds is 7. The lowest BCUT2D eigenvalue weighted by molar-refractivity contribution is -0.129. The monoisotopic (exact) mass is 763 g/mol. The van der Waals surface area contributed by atoms with E-state index in [2.05, 4.69) is 66.1 Å². The van der Waals surface area contributed by atoms with Gasteiger partial charge in [-0.1, -0.05) is 23.7 Å². The Hall–Kier alpha value is -1.63. The zero-order valence-electron chi connectivity index (χ0n) is 17.8. The molecule has 0 amide bonds. The Labute approximate surface area is 237 Å². The number of carbonyl (C=O) groups is 1. The fourth-order valence-corrected chi connectivity index (χ4v) is 4.88. The molecule has 0 radical (unpaired) electrons. The van der Waals surface area contributed by atoms with Crippen molar-refractivity contribution in [3.8, 4) is 11.5 Å². The van der Waals surface area contributed by atoms with Crippen molar-refractivity contribution >= 4 is 90.7 Å². The Balaban J connectivity index is 1.61. The summed E-state index contributed by atoms with van der Waals surface area (Å²) in [6, 6.07) is 16.9. The zero-order valence-corrected chi connectivity index (χ0v) is 24.4. The van der Waals surface area contributed by atoms with E-state index < -0.39 is 5.97 Å². The molecule has 5 nitrogen and oxygen atoms in total. The number of halogens is 4. The minimum Gasteiger partial charge on any atom is -0.490 e. The SMILES string of the molecule is CCOc1cc(/C=C2\N=C(c3ccc(I)c(Br)c3)OC2=O)cc(I)c1OCc1cccc(Cl)c1. The van der Waals surface area contributed by atoms with Gasteiger partial charge in [0, 0.05) is 18.6 Å². The van der Waals surface area contributed by atoms with E-state index in [1.165, 1.54) is 0 Å². The first-order chi connectivity index (χ1) is 16.3. The molecule has 0 unspecified atom stereocenters. The molecule has 3 aromatic rings. The summed E-state index contributed by atoms with van der Waals surface area (Å²) in [5.41, 5.74) is 2.65. The van der Waals surface area contributed by atoms with E-state index in [4.69, 9.17) is 25.8 Å². The smallest absolute Gasteiger partial charge is 0.363 e. The predicted octanol–water partition coefficient (Wildman–Crippen LogP) is 7.63. The average Bonchev–Trinajstić information content (AvgIpc) is 3.15. The van der Waals surface area contributed by atoms with Gasteiger partial charge in [0.2, 0.25) is 5.90 Å². The highest BCUT2D eigenvalue weighted by atomic mass is 127. The third-order valence-corrected chi connectivity index (χ3v) is 8.07. The molecule has 174 valence electrons. The molecule has 0 N–H and O–H groups in total. The van der Waals surface area contributed by atoms with Crippen molar-refractivity contribution in [2.45, 2.75) is 13.5 Å². The second-order valence-electron chi connectivity index (χ2n) is 7.15. The number of nitrogens with zero attached hydrogens (tertiary/aromatic N) is 1. The van der Waals surface area contributed by atoms with Crippen LogP contribution in [0.4, 0.5) is 0 Å². The molecule has 0 saturated heterocycles. The Bertz CT molecular complexity index is 1330. The first-order valence-electron chi connectivity index (χ1n) is 10.2. The lowest BCUT2D eigenvalue weighted by Gasteiger charge is -2.15. The van der Waals surface area contributed by atoms with Gasteiger partial charge in [-0.25, -0.2) is 9.79 Å². The summed E-state index contributed by atoms with van der Waals surface area (Å²) in [4.78, 5) is 16.9. The Morgan fingerprint density at radius 2 is 1.91 bits per heavy atom. The maximum atomic E-state index is 12.5. The third kappa shape index (κ3) is 6.13. The largest absolute Gasteiger partial charge is 0.490 e. The molecule has 0 saturated carbocycles. The molecule has 0 aromatic heterocycles. The Kier molecular flexibility index (Phi) is 8.54. The minimum absolute atomic E-state index is 0.218. The van der Waals surface area contributed by atoms with Gasteiger partial charge in [-0.05, 0) is 128 Å². The molecule has 1 aliphatic rings. The molecular weight excluding hydrogens is 747 g/mol. The number of esters is 1. The maximum absolute atomic E-state index is 12.5. The zero-order chi connectivity index (χ0) is 24.2. The van der Waals surface area contributed by atoms with Crippen molar-refractivity contribution in [3.05, 3.63) is 93.6 Å². The summed E-state index contributed by atoms with van der Waals surface area (Å²) in [6.07, 6.45) is 1.68. The number of ether oxygens (including phenoxy) is 3. The molecule has 0 fully saturated rings. The standard InChI is InChI=1S/C25H17BrClI2NO4/c1-2-32-22-11-15(9-20(29)23(22)33-13-14-4-3-5-17(27)8-14)10-21-25(31)34-24(30-21)16-6-7-19(28)18(26)12-16/h3-12H,2,13H2,1H3/b21-10-. The van der Waals surface area contributed by atoms with Crippen molar-refractivity contribution in [2.75, 3.05) is 6.61 Å². The highest BCUT2D eigenvalue weighted by Crippen LogP contribution is 2.36. The van der Waals surface area contributed by atoms with Crippen LogP contribution in [0.2, 0.25) is 5.02 Å². The van der Waals surface area contributed by atoms with E-state index in [1.54, 1.807) is 6.08 Å². The molecule has 1 aliphatic heterocycles. The highest BCUT2D eigenvalue weighted by Gasteiger charge is 2.25. The van der Waals surface area contributed by atoms with Gasteiger partial charge in [0.15, 0.2) is 17.2 Å². The van der Waals surface area contributed by atoms with E-state index in [9.17, 15) is 4.79 Å². The summed E-state index contributed by atoms with van der Waals surface area (Å²) in [5, 5.41) is 0.656. The number of hydrogen-bond acceptors (Lipinski definition) is 5. The van der Waals surface area contributed by atoms with Crippen molar-refractivity contribution in [3.63, 3.8) is 0 Å². The topological polar surface area (TPSA) is 57.1 Å². The molecule has 0 aliphatic carbocycles. The number of carbonyl (C=O) groups excluding carboxylic acids is 1. The lowest BCUT2D eigenvalue weighted by atomic mass is 10.1. The van der Waals surface area contributed by atoms with Crippen LogP contribution in [0.25, 0.3) is 6.08 Å². The minimum atomic E-state index is -0.501. The predicted molar refractivity (Wildman–Crippen MR) is 154 cm³/mol. The number of benzene rings is 3. The summed E-state index contributed by atoms with van der Waals surface area (Å²) in [7, 11) is 0. The second kappa shape index (κ2) is 11.4. The molecule has 9 heteroatoms. The van der Waals surface area contributed by atoms with Gasteiger partial charge in [-0.3, -0.25) is 0 Å². The maximum Gasteiger partial charge on any atom is 0.363 e. The molecule has 0 spiro atoms. The van der Waals surface area contributed by atoms with E-state index >= 15 is 0 Å². The molecule has 0 atom stereocenters. The molecule has 3 aromatic carbocycles. The summed E-state index contributed by atoms with van der Waals surface area (Å²) in [6.45, 7) is 2.72. The highest BCUT2D eigenvalue weighted by molar-refractivity contribution is 14.1. The van der Waals surface area contributed by atoms with Crippen molar-refractivity contribution in [1.82, 2.24) is 0 Å². The van der Waals surface area contributed by atoms with Crippen LogP contribution in [0.1, 0.15) is 23.6 Å². The number of cyclic esters (lactones) is 1. The summed E-state index contributed by atoms with van der Waals surface area (Å²) in [5.74, 6) is 0.986. The lowest BCUT2D eigenvalue weighted by Crippen LogP contribution is -2.05. The second-order valence-corrected chi connectivity index (χ2v) is 10.8. The van der Waals surface area contributed by atoms with Crippen LogP contribution in [-0.2, 0) is 16.1 Å². The molecule has 34 heavy (non-hydrogen) atoms. The van der Waals surface area contributed by atoms with Crippen LogP contribution in [-0.4, -0.2) is 18.5 Å². The van der Waals surface area contributed by atoms with E-state index in [-0.39, 0.29) is 11.6 Å². The quantitative estimate of drug-likeness (QED) is 0.141. The van der Waals surface area contributed by atoms with Crippen LogP contribution in [0, 0.1) is 7.14 Å². The normalized spacial score (nSPS) is 14.2. The third-order valence-electron chi connectivity index (χ3n) is 4.69. The van der Waals surface area contributed by atoms with Crippen LogP contribution in [0.3, 0.4) is 0 Å². The fraction of sp³-hybridized carbons (Fsp3) is 0.120. The molecule has 4 rings (SSSR count). The Morgan fingerprint density at radius 1 is 1.09 bits per heavy atom.